The predicted molar refractivity (Wildman–Crippen MR) is 76.3 cm³/mol. The molecule has 0 saturated heterocycles. The molecule has 0 aliphatic heterocycles. The van der Waals surface area contributed by atoms with Crippen LogP contribution in [0.15, 0.2) is 42.9 Å². The van der Waals surface area contributed by atoms with Crippen LogP contribution in [-0.2, 0) is 22.3 Å². The second-order valence-electron chi connectivity index (χ2n) is 4.44. The first-order valence-electron chi connectivity index (χ1n) is 6.22. The van der Waals surface area contributed by atoms with Gasteiger partial charge in [0.1, 0.15) is 0 Å². The van der Waals surface area contributed by atoms with Crippen LogP contribution in [0.2, 0.25) is 0 Å². The van der Waals surface area contributed by atoms with Crippen LogP contribution < -0.4 is 4.72 Å². The van der Waals surface area contributed by atoms with E-state index in [4.69, 9.17) is 5.11 Å². The van der Waals surface area contributed by atoms with Gasteiger partial charge in [0.2, 0.25) is 10.0 Å². The SMILES string of the molecule is O=C(O)c1cn(CCNS(=O)(=O)Cc2ccccc2)cn1. The van der Waals surface area contributed by atoms with Crippen molar-refractivity contribution in [2.24, 2.45) is 0 Å². The molecule has 7 nitrogen and oxygen atoms in total. The van der Waals surface area contributed by atoms with Crippen molar-refractivity contribution in [3.8, 4) is 0 Å². The summed E-state index contributed by atoms with van der Waals surface area (Å²) in [5.74, 6) is -1.20. The van der Waals surface area contributed by atoms with E-state index in [-0.39, 0.29) is 18.0 Å². The van der Waals surface area contributed by atoms with Gasteiger partial charge in [-0.15, -0.1) is 0 Å². The van der Waals surface area contributed by atoms with E-state index in [1.54, 1.807) is 24.3 Å². The third-order valence-electron chi connectivity index (χ3n) is 2.74. The second-order valence-corrected chi connectivity index (χ2v) is 6.25. The van der Waals surface area contributed by atoms with Crippen LogP contribution in [0.25, 0.3) is 0 Å². The molecule has 2 N–H and O–H groups in total. The number of hydrogen-bond acceptors (Lipinski definition) is 4. The number of nitrogens with one attached hydrogen (secondary N) is 1. The van der Waals surface area contributed by atoms with E-state index in [0.717, 1.165) is 0 Å². The maximum Gasteiger partial charge on any atom is 0.356 e. The average Bonchev–Trinajstić information content (AvgIpc) is 2.88. The number of hydrogen-bond donors (Lipinski definition) is 2. The zero-order valence-corrected chi connectivity index (χ0v) is 12.0. The van der Waals surface area contributed by atoms with Gasteiger partial charge >= 0.3 is 5.97 Å². The number of carboxylic acid groups (broad SMARTS) is 1. The standard InChI is InChI=1S/C13H15N3O4S/c17-13(18)12-8-16(10-14-12)7-6-15-21(19,20)9-11-4-2-1-3-5-11/h1-5,8,10,15H,6-7,9H2,(H,17,18). The minimum Gasteiger partial charge on any atom is -0.476 e. The Kier molecular flexibility index (Phi) is 4.71. The Morgan fingerprint density at radius 3 is 2.62 bits per heavy atom. The minimum absolute atomic E-state index is 0.0675. The van der Waals surface area contributed by atoms with Crippen molar-refractivity contribution in [1.29, 1.82) is 0 Å². The Morgan fingerprint density at radius 2 is 2.00 bits per heavy atom. The quantitative estimate of drug-likeness (QED) is 0.784. The Morgan fingerprint density at radius 1 is 1.29 bits per heavy atom. The molecule has 1 heterocycles. The molecule has 0 spiro atoms. The summed E-state index contributed by atoms with van der Waals surface area (Å²) in [6, 6.07) is 8.87. The van der Waals surface area contributed by atoms with Gasteiger partial charge in [-0.25, -0.2) is 22.9 Å². The number of benzene rings is 1. The number of carbonyl (C=O) groups is 1. The van der Waals surface area contributed by atoms with Crippen LogP contribution >= 0.6 is 0 Å². The summed E-state index contributed by atoms with van der Waals surface area (Å²) in [5, 5.41) is 8.73. The van der Waals surface area contributed by atoms with Crippen LogP contribution in [0.1, 0.15) is 16.1 Å². The van der Waals surface area contributed by atoms with E-state index in [2.05, 4.69) is 9.71 Å². The van der Waals surface area contributed by atoms with Gasteiger partial charge in [-0.05, 0) is 5.56 Å². The summed E-state index contributed by atoms with van der Waals surface area (Å²) in [5.41, 5.74) is 0.642. The van der Waals surface area contributed by atoms with Gasteiger partial charge in [-0.3, -0.25) is 0 Å². The van der Waals surface area contributed by atoms with E-state index in [1.807, 2.05) is 6.07 Å². The summed E-state index contributed by atoms with van der Waals surface area (Å²) >= 11 is 0. The molecule has 112 valence electrons. The highest BCUT2D eigenvalue weighted by Gasteiger charge is 2.11. The number of aromatic carboxylic acids is 1. The Balaban J connectivity index is 1.85. The number of carboxylic acids is 1. The lowest BCUT2D eigenvalue weighted by Crippen LogP contribution is -2.28. The zero-order chi connectivity index (χ0) is 15.3. The van der Waals surface area contributed by atoms with E-state index in [9.17, 15) is 13.2 Å². The first kappa shape index (κ1) is 15.2. The van der Waals surface area contributed by atoms with Crippen molar-refractivity contribution in [3.05, 3.63) is 54.1 Å². The first-order chi connectivity index (χ1) is 9.96. The molecule has 2 aromatic rings. The molecule has 2 rings (SSSR count). The molecule has 0 radical (unpaired) electrons. The Hall–Kier alpha value is -2.19. The number of sulfonamides is 1. The smallest absolute Gasteiger partial charge is 0.356 e. The van der Waals surface area contributed by atoms with Crippen LogP contribution in [0.3, 0.4) is 0 Å². The lowest BCUT2D eigenvalue weighted by atomic mass is 10.2. The molecule has 8 heteroatoms. The normalized spacial score (nSPS) is 11.4. The predicted octanol–water partition coefficient (Wildman–Crippen LogP) is 0.701. The fourth-order valence-corrected chi connectivity index (χ4v) is 2.90. The number of imidazole rings is 1. The number of nitrogens with zero attached hydrogens (tertiary/aromatic N) is 2. The Bertz CT molecular complexity index is 710. The van der Waals surface area contributed by atoms with Crippen LogP contribution in [0, 0.1) is 0 Å². The van der Waals surface area contributed by atoms with Crippen molar-refractivity contribution < 1.29 is 18.3 Å². The summed E-state index contributed by atoms with van der Waals surface area (Å²) in [4.78, 5) is 14.3. The molecular formula is C13H15N3O4S. The third-order valence-corrected chi connectivity index (χ3v) is 4.10. The summed E-state index contributed by atoms with van der Waals surface area (Å²) in [7, 11) is -3.41. The van der Waals surface area contributed by atoms with Crippen molar-refractivity contribution in [2.75, 3.05) is 6.54 Å². The molecule has 0 unspecified atom stereocenters. The summed E-state index contributed by atoms with van der Waals surface area (Å²) < 4.78 is 27.7. The molecule has 1 aromatic carbocycles. The summed E-state index contributed by atoms with van der Waals surface area (Å²) in [6.07, 6.45) is 2.71. The monoisotopic (exact) mass is 309 g/mol. The first-order valence-corrected chi connectivity index (χ1v) is 7.88. The molecule has 0 atom stereocenters. The number of rotatable bonds is 7. The molecule has 0 fully saturated rings. The van der Waals surface area contributed by atoms with Gasteiger partial charge in [-0.2, -0.15) is 0 Å². The molecule has 0 bridgehead atoms. The highest BCUT2D eigenvalue weighted by molar-refractivity contribution is 7.88. The highest BCUT2D eigenvalue weighted by Crippen LogP contribution is 2.04. The molecule has 1 aromatic heterocycles. The Labute approximate surface area is 122 Å². The van der Waals surface area contributed by atoms with Crippen LogP contribution in [0.4, 0.5) is 0 Å². The maximum absolute atomic E-state index is 11.9. The lowest BCUT2D eigenvalue weighted by molar-refractivity contribution is 0.0691. The topological polar surface area (TPSA) is 101 Å². The second kappa shape index (κ2) is 6.51. The average molecular weight is 309 g/mol. The van der Waals surface area contributed by atoms with Crippen molar-refractivity contribution in [2.45, 2.75) is 12.3 Å². The van der Waals surface area contributed by atoms with E-state index < -0.39 is 16.0 Å². The largest absolute Gasteiger partial charge is 0.476 e. The third kappa shape index (κ3) is 4.69. The van der Waals surface area contributed by atoms with Crippen molar-refractivity contribution in [1.82, 2.24) is 14.3 Å². The van der Waals surface area contributed by atoms with Gasteiger partial charge in [0.25, 0.3) is 0 Å². The van der Waals surface area contributed by atoms with E-state index in [0.29, 0.717) is 12.1 Å². The molecule has 0 amide bonds. The van der Waals surface area contributed by atoms with Gasteiger partial charge < -0.3 is 9.67 Å². The molecule has 0 saturated carbocycles. The minimum atomic E-state index is -3.41. The fraction of sp³-hybridized carbons (Fsp3) is 0.231. The highest BCUT2D eigenvalue weighted by atomic mass is 32.2. The van der Waals surface area contributed by atoms with Gasteiger partial charge in [0.15, 0.2) is 5.69 Å². The van der Waals surface area contributed by atoms with Crippen LogP contribution in [0.5, 0.6) is 0 Å². The van der Waals surface area contributed by atoms with Gasteiger partial charge in [0, 0.05) is 19.3 Å². The maximum atomic E-state index is 11.9. The molecule has 21 heavy (non-hydrogen) atoms. The fourth-order valence-electron chi connectivity index (χ4n) is 1.77. The van der Waals surface area contributed by atoms with Gasteiger partial charge in [0.05, 0.1) is 12.1 Å². The zero-order valence-electron chi connectivity index (χ0n) is 11.1. The molecular weight excluding hydrogens is 294 g/mol. The van der Waals surface area contributed by atoms with Crippen LogP contribution in [-0.4, -0.2) is 35.6 Å². The lowest BCUT2D eigenvalue weighted by Gasteiger charge is -2.07. The molecule has 0 aliphatic rings. The van der Waals surface area contributed by atoms with E-state index in [1.165, 1.54) is 17.1 Å². The van der Waals surface area contributed by atoms with Crippen molar-refractivity contribution in [3.63, 3.8) is 0 Å². The number of aromatic nitrogens is 2. The molecule has 0 aliphatic carbocycles. The summed E-state index contributed by atoms with van der Waals surface area (Å²) in [6.45, 7) is 0.485. The van der Waals surface area contributed by atoms with E-state index >= 15 is 0 Å². The van der Waals surface area contributed by atoms with Crippen molar-refractivity contribution >= 4 is 16.0 Å². The van der Waals surface area contributed by atoms with Gasteiger partial charge in [-0.1, -0.05) is 30.3 Å².